The van der Waals surface area contributed by atoms with Crippen molar-refractivity contribution in [3.05, 3.63) is 72.1 Å². The van der Waals surface area contributed by atoms with E-state index in [1.807, 2.05) is 37.2 Å². The number of likely N-dealkylation sites (tertiary alicyclic amines) is 3. The molecule has 0 bridgehead atoms. The number of nitrogens with zero attached hydrogens (tertiary/aromatic N) is 5. The number of sulfone groups is 1. The van der Waals surface area contributed by atoms with Gasteiger partial charge < -0.3 is 39.3 Å². The third-order valence-corrected chi connectivity index (χ3v) is 15.6. The maximum absolute atomic E-state index is 15.1. The van der Waals surface area contributed by atoms with Crippen LogP contribution >= 0.6 is 0 Å². The van der Waals surface area contributed by atoms with Crippen LogP contribution in [0.3, 0.4) is 0 Å². The molecule has 0 aromatic heterocycles. The van der Waals surface area contributed by atoms with Crippen LogP contribution in [0.5, 0.6) is 0 Å². The summed E-state index contributed by atoms with van der Waals surface area (Å²) in [7, 11) is 3.48. The summed E-state index contributed by atoms with van der Waals surface area (Å²) in [4.78, 5) is 36.0. The Labute approximate surface area is 338 Å². The lowest BCUT2D eigenvalue weighted by Crippen LogP contribution is -2.68. The van der Waals surface area contributed by atoms with E-state index in [0.717, 1.165) is 82.6 Å². The van der Waals surface area contributed by atoms with Crippen LogP contribution in [0.1, 0.15) is 44.1 Å². The molecule has 5 fully saturated rings. The van der Waals surface area contributed by atoms with Crippen LogP contribution in [-0.2, 0) is 29.5 Å². The third kappa shape index (κ3) is 8.76. The summed E-state index contributed by atoms with van der Waals surface area (Å²) >= 11 is 0. The molecule has 4 heterocycles. The molecule has 7 rings (SSSR count). The van der Waals surface area contributed by atoms with Gasteiger partial charge in [0.05, 0.1) is 25.1 Å². The van der Waals surface area contributed by atoms with Crippen LogP contribution < -0.4 is 10.2 Å². The molecule has 5 aliphatic rings. The van der Waals surface area contributed by atoms with Crippen molar-refractivity contribution >= 4 is 27.5 Å². The summed E-state index contributed by atoms with van der Waals surface area (Å²) in [5.74, 6) is 0.0914. The molecule has 3 atom stereocenters. The monoisotopic (exact) mass is 808 g/mol. The van der Waals surface area contributed by atoms with E-state index in [1.165, 1.54) is 25.7 Å². The van der Waals surface area contributed by atoms with E-state index in [0.29, 0.717) is 25.6 Å². The number of amides is 2. The number of piperidine rings is 1. The first kappa shape index (κ1) is 41.6. The largest absolute Gasteiger partial charge is 0.453 e. The molecule has 4 aliphatic heterocycles. The molecule has 2 aromatic rings. The van der Waals surface area contributed by atoms with Gasteiger partial charge in [-0.2, -0.15) is 0 Å². The molecule has 2 amide bonds. The van der Waals surface area contributed by atoms with E-state index in [2.05, 4.69) is 26.1 Å². The number of likely N-dealkylation sites (N-methyl/N-ethyl adjacent to an activating group) is 1. The highest BCUT2D eigenvalue weighted by Crippen LogP contribution is 2.51. The molecule has 0 radical (unpaired) electrons. The van der Waals surface area contributed by atoms with Crippen molar-refractivity contribution in [1.82, 2.24) is 24.9 Å². The number of hydrogen-bond acceptors (Lipinski definition) is 10. The number of benzene rings is 2. The van der Waals surface area contributed by atoms with E-state index in [9.17, 15) is 18.0 Å². The maximum Gasteiger partial charge on any atom is 0.407 e. The van der Waals surface area contributed by atoms with E-state index < -0.39 is 21.2 Å². The fraction of sp³-hybridized carbons (Fsp3) is 0.628. The zero-order chi connectivity index (χ0) is 40.4. The number of ether oxygens (including phenoxy) is 2. The first-order chi connectivity index (χ1) is 27.4. The van der Waals surface area contributed by atoms with Crippen LogP contribution in [0, 0.1) is 17.7 Å². The SMILES string of the molecule is COC(=O)N[C@H]1CCC[C@@H]1[C@](CN1CCC1)(c1cccc(F)c1)C1CCN(CC2(OC)CN(c3ccc(S(=O)(=O)C4CN(C(=O)/C=C/CN(C)C)C4)cc3)C2)CC1. The molecule has 0 unspecified atom stereocenters. The van der Waals surface area contributed by atoms with Crippen molar-refractivity contribution < 1.29 is 31.9 Å². The summed E-state index contributed by atoms with van der Waals surface area (Å²) in [5.41, 5.74) is 1.33. The second-order valence-corrected chi connectivity index (χ2v) is 19.6. The summed E-state index contributed by atoms with van der Waals surface area (Å²) in [6, 6.07) is 14.3. The summed E-state index contributed by atoms with van der Waals surface area (Å²) < 4.78 is 53.1. The highest BCUT2D eigenvalue weighted by atomic mass is 32.2. The molecule has 1 saturated carbocycles. The molecule has 14 heteroatoms. The van der Waals surface area contributed by atoms with Crippen LogP contribution in [0.25, 0.3) is 0 Å². The Morgan fingerprint density at radius 1 is 0.965 bits per heavy atom. The molecular formula is C43H61FN6O6S. The number of carbonyl (C=O) groups excluding carboxylic acids is 2. The van der Waals surface area contributed by atoms with Gasteiger partial charge in [0.1, 0.15) is 16.7 Å². The van der Waals surface area contributed by atoms with Gasteiger partial charge in [0.2, 0.25) is 5.91 Å². The average Bonchev–Trinajstić information content (AvgIpc) is 3.60. The molecule has 0 spiro atoms. The van der Waals surface area contributed by atoms with E-state index >= 15 is 4.39 Å². The van der Waals surface area contributed by atoms with Crippen molar-refractivity contribution in [2.24, 2.45) is 11.8 Å². The second kappa shape index (κ2) is 17.3. The quantitative estimate of drug-likeness (QED) is 0.265. The lowest BCUT2D eigenvalue weighted by Gasteiger charge is -2.55. The van der Waals surface area contributed by atoms with Gasteiger partial charge in [-0.05, 0) is 126 Å². The van der Waals surface area contributed by atoms with Gasteiger partial charge in [0.25, 0.3) is 0 Å². The predicted octanol–water partition coefficient (Wildman–Crippen LogP) is 4.01. The van der Waals surface area contributed by atoms with Crippen LogP contribution in [-0.4, -0.2) is 157 Å². The number of methoxy groups -OCH3 is 2. The fourth-order valence-electron chi connectivity index (χ4n) is 10.2. The number of carbonyl (C=O) groups is 2. The van der Waals surface area contributed by atoms with Gasteiger partial charge in [-0.3, -0.25) is 4.79 Å². The van der Waals surface area contributed by atoms with Gasteiger partial charge in [0.15, 0.2) is 9.84 Å². The zero-order valence-electron chi connectivity index (χ0n) is 34.1. The predicted molar refractivity (Wildman–Crippen MR) is 219 cm³/mol. The minimum Gasteiger partial charge on any atom is -0.453 e. The van der Waals surface area contributed by atoms with Crippen molar-refractivity contribution in [2.75, 3.05) is 105 Å². The number of rotatable bonds is 15. The maximum atomic E-state index is 15.1. The topological polar surface area (TPSA) is 115 Å². The number of anilines is 1. The normalized spacial score (nSPS) is 24.5. The van der Waals surface area contributed by atoms with Gasteiger partial charge >= 0.3 is 6.09 Å². The zero-order valence-corrected chi connectivity index (χ0v) is 34.9. The van der Waals surface area contributed by atoms with E-state index in [4.69, 9.17) is 9.47 Å². The Morgan fingerprint density at radius 3 is 2.30 bits per heavy atom. The minimum atomic E-state index is -3.56. The van der Waals surface area contributed by atoms with Gasteiger partial charge in [-0.25, -0.2) is 17.6 Å². The van der Waals surface area contributed by atoms with Crippen molar-refractivity contribution in [2.45, 2.75) is 65.7 Å². The Balaban J connectivity index is 0.981. The minimum absolute atomic E-state index is 0.0353. The molecule has 12 nitrogen and oxygen atoms in total. The number of hydrogen-bond donors (Lipinski definition) is 1. The molecule has 2 aromatic carbocycles. The van der Waals surface area contributed by atoms with Crippen LogP contribution in [0.4, 0.5) is 14.9 Å². The molecule has 4 saturated heterocycles. The first-order valence-corrected chi connectivity index (χ1v) is 22.2. The van der Waals surface area contributed by atoms with E-state index in [1.54, 1.807) is 36.3 Å². The van der Waals surface area contributed by atoms with E-state index in [-0.39, 0.29) is 52.7 Å². The molecule has 57 heavy (non-hydrogen) atoms. The molecule has 312 valence electrons. The highest BCUT2D eigenvalue weighted by Gasteiger charge is 2.54. The molecular weight excluding hydrogens is 748 g/mol. The fourth-order valence-corrected chi connectivity index (χ4v) is 11.9. The van der Waals surface area contributed by atoms with Gasteiger partial charge in [-0.15, -0.1) is 0 Å². The Kier molecular flexibility index (Phi) is 12.7. The Hall–Kier alpha value is -3.56. The number of alkyl carbamates (subject to hydrolysis) is 1. The highest BCUT2D eigenvalue weighted by molar-refractivity contribution is 7.92. The number of nitrogens with one attached hydrogen (secondary N) is 1. The summed E-state index contributed by atoms with van der Waals surface area (Å²) in [5, 5.41) is 2.58. The van der Waals surface area contributed by atoms with Crippen LogP contribution in [0.2, 0.25) is 0 Å². The van der Waals surface area contributed by atoms with Gasteiger partial charge in [-0.1, -0.05) is 24.6 Å². The summed E-state index contributed by atoms with van der Waals surface area (Å²) in [6.45, 7) is 7.97. The standard InChI is InChI=1S/C43H61FN6O6S/c1-46(2)20-7-13-40(51)49-26-37(27-49)57(53,54)36-16-14-35(15-17-36)50-29-42(30-50,56-4)28-48-23-18-32(19-24-48)43(31-47-21-8-22-47,33-9-5-10-34(44)25-33)38-11-6-12-39(38)45-41(52)55-3/h5,7,9-10,13-17,25,32,37-39H,6,8,11-12,18-24,26-31H2,1-4H3,(H,45,52)/b13-7+/t38-,39-,43-/m0/s1. The van der Waals surface area contributed by atoms with Crippen molar-refractivity contribution in [3.63, 3.8) is 0 Å². The molecule has 1 N–H and O–H groups in total. The number of halogens is 1. The first-order valence-electron chi connectivity index (χ1n) is 20.7. The third-order valence-electron chi connectivity index (χ3n) is 13.5. The second-order valence-electron chi connectivity index (χ2n) is 17.3. The summed E-state index contributed by atoms with van der Waals surface area (Å²) in [6.07, 6.45) is 8.87. The Bertz CT molecular complexity index is 1850. The smallest absolute Gasteiger partial charge is 0.407 e. The molecule has 1 aliphatic carbocycles. The average molecular weight is 809 g/mol. The van der Waals surface area contributed by atoms with Crippen molar-refractivity contribution in [3.8, 4) is 0 Å². The Morgan fingerprint density at radius 2 is 1.68 bits per heavy atom. The lowest BCUT2D eigenvalue weighted by molar-refractivity contribution is -0.129. The lowest BCUT2D eigenvalue weighted by atomic mass is 9.57. The van der Waals surface area contributed by atoms with Crippen molar-refractivity contribution in [1.29, 1.82) is 0 Å². The van der Waals surface area contributed by atoms with Gasteiger partial charge in [0, 0.05) is 63.1 Å². The van der Waals surface area contributed by atoms with Crippen LogP contribution in [0.15, 0.2) is 65.6 Å².